The number of nitrogens with zero attached hydrogens (tertiary/aromatic N) is 1. The third-order valence-corrected chi connectivity index (χ3v) is 4.92. The molecule has 0 aromatic carbocycles. The van der Waals surface area contributed by atoms with Gasteiger partial charge in [-0.05, 0) is 59.8 Å². The molecule has 0 radical (unpaired) electrons. The number of nitrogens with two attached hydrogens (primary N) is 1. The highest BCUT2D eigenvalue weighted by Gasteiger charge is 2.19. The Kier molecular flexibility index (Phi) is 7.77. The summed E-state index contributed by atoms with van der Waals surface area (Å²) in [7, 11) is 0. The molecule has 1 heterocycles. The first-order chi connectivity index (χ1) is 9.46. The van der Waals surface area contributed by atoms with Gasteiger partial charge in [-0.3, -0.25) is 4.79 Å². The molecule has 20 heavy (non-hydrogen) atoms. The second-order valence-electron chi connectivity index (χ2n) is 5.55. The molecule has 1 rings (SSSR count). The Morgan fingerprint density at radius 2 is 2.15 bits per heavy atom. The molecule has 1 aromatic rings. The molecule has 0 aliphatic heterocycles. The lowest BCUT2D eigenvalue weighted by Gasteiger charge is -2.24. The van der Waals surface area contributed by atoms with Gasteiger partial charge in [0.25, 0.3) is 0 Å². The number of rotatable bonds is 8. The van der Waals surface area contributed by atoms with E-state index in [0.717, 1.165) is 16.8 Å². The number of carbonyl (C=O) groups excluding carboxylic acids is 1. The van der Waals surface area contributed by atoms with E-state index in [0.29, 0.717) is 31.3 Å². The number of hydrogen-bond acceptors (Lipinski definition) is 3. The van der Waals surface area contributed by atoms with Crippen LogP contribution in [0.3, 0.4) is 0 Å². The quantitative estimate of drug-likeness (QED) is 0.764. The highest BCUT2D eigenvalue weighted by molar-refractivity contribution is 9.11. The van der Waals surface area contributed by atoms with Crippen LogP contribution in [0.4, 0.5) is 0 Å². The minimum atomic E-state index is 0.216. The third kappa shape index (κ3) is 5.94. The average molecular weight is 361 g/mol. The monoisotopic (exact) mass is 360 g/mol. The lowest BCUT2D eigenvalue weighted by atomic mass is 9.94. The summed E-state index contributed by atoms with van der Waals surface area (Å²) in [5.41, 5.74) is 5.79. The van der Waals surface area contributed by atoms with Gasteiger partial charge in [-0.2, -0.15) is 0 Å². The predicted molar refractivity (Wildman–Crippen MR) is 89.7 cm³/mol. The second kappa shape index (κ2) is 8.80. The minimum Gasteiger partial charge on any atom is -0.338 e. The van der Waals surface area contributed by atoms with Gasteiger partial charge in [0.15, 0.2) is 0 Å². The van der Waals surface area contributed by atoms with E-state index in [1.807, 2.05) is 17.9 Å². The molecule has 1 amide bonds. The van der Waals surface area contributed by atoms with Gasteiger partial charge in [0, 0.05) is 17.8 Å². The summed E-state index contributed by atoms with van der Waals surface area (Å²) in [4.78, 5) is 15.5. The zero-order chi connectivity index (χ0) is 15.1. The first-order valence-electron chi connectivity index (χ1n) is 7.18. The van der Waals surface area contributed by atoms with Crippen LogP contribution in [0.2, 0.25) is 0 Å². The van der Waals surface area contributed by atoms with Gasteiger partial charge < -0.3 is 10.6 Å². The molecule has 1 aromatic heterocycles. The molecule has 0 aliphatic rings. The molecule has 0 saturated carbocycles. The van der Waals surface area contributed by atoms with E-state index >= 15 is 0 Å². The third-order valence-electron chi connectivity index (χ3n) is 3.31. The number of halogens is 1. The van der Waals surface area contributed by atoms with Crippen molar-refractivity contribution in [1.82, 2.24) is 4.90 Å². The second-order valence-corrected chi connectivity index (χ2v) is 8.10. The Labute approximate surface area is 134 Å². The molecule has 0 aliphatic carbocycles. The fourth-order valence-electron chi connectivity index (χ4n) is 2.31. The van der Waals surface area contributed by atoms with E-state index in [4.69, 9.17) is 5.73 Å². The van der Waals surface area contributed by atoms with Crippen molar-refractivity contribution in [2.75, 3.05) is 13.1 Å². The summed E-state index contributed by atoms with van der Waals surface area (Å²) in [6, 6.07) is 4.10. The van der Waals surface area contributed by atoms with Gasteiger partial charge in [0.2, 0.25) is 5.91 Å². The molecular weight excluding hydrogens is 336 g/mol. The van der Waals surface area contributed by atoms with Crippen molar-refractivity contribution in [3.05, 3.63) is 20.8 Å². The highest BCUT2D eigenvalue weighted by atomic mass is 79.9. The summed E-state index contributed by atoms with van der Waals surface area (Å²) in [6.07, 6.45) is 1.58. The lowest BCUT2D eigenvalue weighted by Crippen LogP contribution is -2.33. The van der Waals surface area contributed by atoms with Crippen LogP contribution in [0.5, 0.6) is 0 Å². The van der Waals surface area contributed by atoms with Crippen LogP contribution in [0, 0.1) is 11.8 Å². The van der Waals surface area contributed by atoms with E-state index in [1.54, 1.807) is 11.3 Å². The van der Waals surface area contributed by atoms with Crippen LogP contribution in [0.1, 0.15) is 38.5 Å². The molecule has 0 saturated heterocycles. The average Bonchev–Trinajstić information content (AvgIpc) is 2.79. The van der Waals surface area contributed by atoms with Gasteiger partial charge in [-0.25, -0.2) is 0 Å². The van der Waals surface area contributed by atoms with Crippen molar-refractivity contribution in [1.29, 1.82) is 0 Å². The van der Waals surface area contributed by atoms with Gasteiger partial charge in [0.05, 0.1) is 10.3 Å². The molecule has 0 unspecified atom stereocenters. The number of thiophene rings is 1. The van der Waals surface area contributed by atoms with Crippen LogP contribution in [-0.4, -0.2) is 23.9 Å². The van der Waals surface area contributed by atoms with E-state index in [-0.39, 0.29) is 5.91 Å². The Balaban J connectivity index is 2.57. The zero-order valence-electron chi connectivity index (χ0n) is 12.6. The Morgan fingerprint density at radius 1 is 1.45 bits per heavy atom. The topological polar surface area (TPSA) is 46.3 Å². The summed E-state index contributed by atoms with van der Waals surface area (Å²) < 4.78 is 1.11. The van der Waals surface area contributed by atoms with Gasteiger partial charge in [-0.1, -0.05) is 13.8 Å². The zero-order valence-corrected chi connectivity index (χ0v) is 15.0. The summed E-state index contributed by atoms with van der Waals surface area (Å²) in [5, 5.41) is 0. The first kappa shape index (κ1) is 17.7. The number of carbonyl (C=O) groups is 1. The van der Waals surface area contributed by atoms with Crippen molar-refractivity contribution in [3.63, 3.8) is 0 Å². The standard InChI is InChI=1S/C15H25BrN2OS/c1-4-18(10-13-5-6-14(16)20-13)15(19)8-12(9-17)7-11(2)3/h5-6,11-12H,4,7-10,17H2,1-3H3/t12-/m0/s1. The van der Waals surface area contributed by atoms with Crippen LogP contribution in [-0.2, 0) is 11.3 Å². The first-order valence-corrected chi connectivity index (χ1v) is 8.79. The molecule has 0 fully saturated rings. The smallest absolute Gasteiger partial charge is 0.223 e. The Morgan fingerprint density at radius 3 is 2.60 bits per heavy atom. The lowest BCUT2D eigenvalue weighted by molar-refractivity contribution is -0.132. The van der Waals surface area contributed by atoms with Crippen LogP contribution in [0.25, 0.3) is 0 Å². The number of amides is 1. The molecule has 0 bridgehead atoms. The summed E-state index contributed by atoms with van der Waals surface area (Å²) >= 11 is 5.14. The van der Waals surface area contributed by atoms with Crippen LogP contribution >= 0.6 is 27.3 Å². The number of hydrogen-bond donors (Lipinski definition) is 1. The van der Waals surface area contributed by atoms with Crippen molar-refractivity contribution < 1.29 is 4.79 Å². The maximum absolute atomic E-state index is 12.4. The normalized spacial score (nSPS) is 12.7. The Hall–Kier alpha value is -0.390. The van der Waals surface area contributed by atoms with E-state index in [1.165, 1.54) is 4.88 Å². The SMILES string of the molecule is CCN(Cc1ccc(Br)s1)C(=O)C[C@@H](CN)CC(C)C. The van der Waals surface area contributed by atoms with E-state index in [9.17, 15) is 4.79 Å². The van der Waals surface area contributed by atoms with Crippen molar-refractivity contribution in [2.45, 2.75) is 40.2 Å². The summed E-state index contributed by atoms with van der Waals surface area (Å²) in [5.74, 6) is 1.10. The molecule has 5 heteroatoms. The predicted octanol–water partition coefficient (Wildman–Crippen LogP) is 3.87. The largest absolute Gasteiger partial charge is 0.338 e. The minimum absolute atomic E-state index is 0.216. The molecule has 1 atom stereocenters. The van der Waals surface area contributed by atoms with E-state index < -0.39 is 0 Å². The molecule has 114 valence electrons. The molecule has 3 nitrogen and oxygen atoms in total. The van der Waals surface area contributed by atoms with Crippen LogP contribution in [0.15, 0.2) is 15.9 Å². The fourth-order valence-corrected chi connectivity index (χ4v) is 3.81. The maximum Gasteiger partial charge on any atom is 0.223 e. The van der Waals surface area contributed by atoms with Crippen molar-refractivity contribution in [2.24, 2.45) is 17.6 Å². The maximum atomic E-state index is 12.4. The molecule has 0 spiro atoms. The molecular formula is C15H25BrN2OS. The van der Waals surface area contributed by atoms with Crippen LogP contribution < -0.4 is 5.73 Å². The van der Waals surface area contributed by atoms with E-state index in [2.05, 4.69) is 35.8 Å². The highest BCUT2D eigenvalue weighted by Crippen LogP contribution is 2.24. The fraction of sp³-hybridized carbons (Fsp3) is 0.667. The Bertz CT molecular complexity index is 420. The molecule has 2 N–H and O–H groups in total. The van der Waals surface area contributed by atoms with Gasteiger partial charge >= 0.3 is 0 Å². The summed E-state index contributed by atoms with van der Waals surface area (Å²) in [6.45, 7) is 8.41. The van der Waals surface area contributed by atoms with Gasteiger partial charge in [0.1, 0.15) is 0 Å². The van der Waals surface area contributed by atoms with Crippen molar-refractivity contribution in [3.8, 4) is 0 Å². The van der Waals surface area contributed by atoms with Gasteiger partial charge in [-0.15, -0.1) is 11.3 Å². The van der Waals surface area contributed by atoms with Crippen molar-refractivity contribution >= 4 is 33.2 Å².